The molecule has 17 heavy (non-hydrogen) atoms. The van der Waals surface area contributed by atoms with Gasteiger partial charge in [-0.15, -0.1) is 0 Å². The molecule has 0 aliphatic carbocycles. The lowest BCUT2D eigenvalue weighted by Crippen LogP contribution is -2.44. The van der Waals surface area contributed by atoms with Crippen LogP contribution < -0.4 is 16.4 Å². The van der Waals surface area contributed by atoms with E-state index in [0.29, 0.717) is 6.54 Å². The Labute approximate surface area is 104 Å². The van der Waals surface area contributed by atoms with Crippen LogP contribution in [0.4, 0.5) is 4.79 Å². The number of furan rings is 1. The second kappa shape index (κ2) is 5.91. The van der Waals surface area contributed by atoms with Gasteiger partial charge in [-0.2, -0.15) is 0 Å². The molecule has 0 unspecified atom stereocenters. The molecule has 0 saturated carbocycles. The standard InChI is InChI=1S/C12H22N2O2Si/c1-4-17(5-2,6-3)11-7-10(9-16-11)8-14-12(13)15/h7,9H,4-6,8H2,1-3H3,(H3,13,14,15). The molecule has 1 aromatic heterocycles. The molecule has 5 heteroatoms. The number of primary amides is 1. The zero-order chi connectivity index (χ0) is 12.9. The Hall–Kier alpha value is -1.23. The highest BCUT2D eigenvalue weighted by Gasteiger charge is 2.32. The Morgan fingerprint density at radius 2 is 1.94 bits per heavy atom. The number of carbonyl (C=O) groups is 1. The third-order valence-electron chi connectivity index (χ3n) is 3.67. The molecule has 0 aliphatic rings. The first-order valence-electron chi connectivity index (χ1n) is 6.19. The lowest BCUT2D eigenvalue weighted by atomic mass is 10.3. The number of urea groups is 1. The number of carbonyl (C=O) groups excluding carboxylic acids is 1. The molecule has 0 bridgehead atoms. The molecule has 0 atom stereocenters. The zero-order valence-corrected chi connectivity index (χ0v) is 11.9. The van der Waals surface area contributed by atoms with Gasteiger partial charge >= 0.3 is 6.03 Å². The van der Waals surface area contributed by atoms with Crippen LogP contribution in [0.5, 0.6) is 0 Å². The highest BCUT2D eigenvalue weighted by molar-refractivity contribution is 6.90. The first-order chi connectivity index (χ1) is 8.07. The van der Waals surface area contributed by atoms with Crippen molar-refractivity contribution in [1.29, 1.82) is 0 Å². The van der Waals surface area contributed by atoms with Gasteiger partial charge in [-0.05, 0) is 6.07 Å². The van der Waals surface area contributed by atoms with E-state index < -0.39 is 14.1 Å². The Bertz CT molecular complexity index is 364. The highest BCUT2D eigenvalue weighted by atomic mass is 28.3. The lowest BCUT2D eigenvalue weighted by molar-refractivity contribution is 0.248. The molecule has 2 amide bonds. The maximum absolute atomic E-state index is 10.6. The summed E-state index contributed by atoms with van der Waals surface area (Å²) in [4.78, 5) is 10.6. The number of hydrogen-bond acceptors (Lipinski definition) is 2. The van der Waals surface area contributed by atoms with Gasteiger partial charge in [0, 0.05) is 12.1 Å². The Balaban J connectivity index is 2.81. The van der Waals surface area contributed by atoms with E-state index in [4.69, 9.17) is 10.2 Å². The van der Waals surface area contributed by atoms with E-state index in [1.54, 1.807) is 6.26 Å². The molecule has 3 N–H and O–H groups in total. The smallest absolute Gasteiger partial charge is 0.312 e. The van der Waals surface area contributed by atoms with Crippen LogP contribution in [-0.4, -0.2) is 14.1 Å². The molecule has 0 aromatic carbocycles. The molecular weight excluding hydrogens is 232 g/mol. The first kappa shape index (κ1) is 13.8. The summed E-state index contributed by atoms with van der Waals surface area (Å²) >= 11 is 0. The predicted octanol–water partition coefficient (Wildman–Crippen LogP) is 2.16. The van der Waals surface area contributed by atoms with E-state index >= 15 is 0 Å². The summed E-state index contributed by atoms with van der Waals surface area (Å²) in [6.07, 6.45) is 1.73. The summed E-state index contributed by atoms with van der Waals surface area (Å²) in [6, 6.07) is 5.15. The molecule has 0 aliphatic heterocycles. The third kappa shape index (κ3) is 3.12. The van der Waals surface area contributed by atoms with Crippen molar-refractivity contribution < 1.29 is 9.21 Å². The van der Waals surface area contributed by atoms with Crippen molar-refractivity contribution in [2.24, 2.45) is 5.73 Å². The Morgan fingerprint density at radius 3 is 2.41 bits per heavy atom. The van der Waals surface area contributed by atoms with E-state index in [9.17, 15) is 4.79 Å². The van der Waals surface area contributed by atoms with Crippen molar-refractivity contribution in [2.45, 2.75) is 45.4 Å². The van der Waals surface area contributed by atoms with Gasteiger partial charge in [0.25, 0.3) is 0 Å². The molecule has 4 nitrogen and oxygen atoms in total. The van der Waals surface area contributed by atoms with Crippen molar-refractivity contribution in [3.63, 3.8) is 0 Å². The fourth-order valence-corrected chi connectivity index (χ4v) is 5.55. The van der Waals surface area contributed by atoms with Crippen LogP contribution in [0.3, 0.4) is 0 Å². The van der Waals surface area contributed by atoms with E-state index in [1.165, 1.54) is 18.1 Å². The van der Waals surface area contributed by atoms with Crippen molar-refractivity contribution in [1.82, 2.24) is 5.32 Å². The Morgan fingerprint density at radius 1 is 1.35 bits per heavy atom. The minimum Gasteiger partial charge on any atom is -0.474 e. The quantitative estimate of drug-likeness (QED) is 0.764. The molecule has 96 valence electrons. The van der Waals surface area contributed by atoms with Gasteiger partial charge in [0.05, 0.1) is 11.6 Å². The number of amides is 2. The molecule has 1 aromatic rings. The van der Waals surface area contributed by atoms with Gasteiger partial charge in [0.15, 0.2) is 0 Å². The lowest BCUT2D eigenvalue weighted by Gasteiger charge is -2.24. The first-order valence-corrected chi connectivity index (χ1v) is 8.81. The summed E-state index contributed by atoms with van der Waals surface area (Å²) in [5, 5.41) is 3.72. The second-order valence-electron chi connectivity index (χ2n) is 4.38. The summed E-state index contributed by atoms with van der Waals surface area (Å²) in [5.41, 5.74) is 6.03. The van der Waals surface area contributed by atoms with E-state index in [-0.39, 0.29) is 0 Å². The molecule has 0 saturated heterocycles. The van der Waals surface area contributed by atoms with Crippen molar-refractivity contribution in [3.8, 4) is 0 Å². The maximum Gasteiger partial charge on any atom is 0.312 e. The van der Waals surface area contributed by atoms with Crippen molar-refractivity contribution in [3.05, 3.63) is 17.9 Å². The second-order valence-corrected chi connectivity index (χ2v) is 9.55. The molecule has 0 radical (unpaired) electrons. The van der Waals surface area contributed by atoms with E-state index in [1.807, 2.05) is 0 Å². The van der Waals surface area contributed by atoms with Crippen molar-refractivity contribution >= 4 is 19.5 Å². The van der Waals surface area contributed by atoms with Crippen LogP contribution in [0.2, 0.25) is 18.1 Å². The van der Waals surface area contributed by atoms with Gasteiger partial charge < -0.3 is 15.5 Å². The summed E-state index contributed by atoms with van der Waals surface area (Å²) < 4.78 is 5.70. The van der Waals surface area contributed by atoms with E-state index in [2.05, 4.69) is 32.2 Å². The van der Waals surface area contributed by atoms with Gasteiger partial charge in [-0.25, -0.2) is 4.79 Å². The van der Waals surface area contributed by atoms with Crippen LogP contribution >= 0.6 is 0 Å². The van der Waals surface area contributed by atoms with E-state index in [0.717, 1.165) is 10.9 Å². The van der Waals surface area contributed by atoms with Crippen LogP contribution in [0.1, 0.15) is 26.3 Å². The van der Waals surface area contributed by atoms with Crippen molar-refractivity contribution in [2.75, 3.05) is 0 Å². The minimum atomic E-state index is -1.44. The van der Waals surface area contributed by atoms with Gasteiger partial charge in [0.1, 0.15) is 8.07 Å². The molecule has 0 spiro atoms. The van der Waals surface area contributed by atoms with Gasteiger partial charge in [0.2, 0.25) is 0 Å². The number of nitrogens with one attached hydrogen (secondary N) is 1. The number of rotatable bonds is 6. The Kier molecular flexibility index (Phi) is 4.81. The largest absolute Gasteiger partial charge is 0.474 e. The maximum atomic E-state index is 10.6. The number of hydrogen-bond donors (Lipinski definition) is 2. The SMILES string of the molecule is CC[Si](CC)(CC)c1cc(CNC(N)=O)co1. The van der Waals surface area contributed by atoms with Gasteiger partial charge in [-0.3, -0.25) is 0 Å². The molecule has 1 rings (SSSR count). The summed E-state index contributed by atoms with van der Waals surface area (Å²) in [5.74, 6) is 0. The predicted molar refractivity (Wildman–Crippen MR) is 72.0 cm³/mol. The summed E-state index contributed by atoms with van der Waals surface area (Å²) in [6.45, 7) is 7.16. The fourth-order valence-electron chi connectivity index (χ4n) is 2.21. The molecule has 0 fully saturated rings. The average molecular weight is 254 g/mol. The molecule has 1 heterocycles. The highest BCUT2D eigenvalue weighted by Crippen LogP contribution is 2.21. The topological polar surface area (TPSA) is 68.3 Å². The normalized spacial score (nSPS) is 11.5. The van der Waals surface area contributed by atoms with Crippen LogP contribution in [-0.2, 0) is 6.54 Å². The zero-order valence-electron chi connectivity index (χ0n) is 10.9. The molecular formula is C12H22N2O2Si. The minimum absolute atomic E-state index is 0.445. The van der Waals surface area contributed by atoms with Crippen LogP contribution in [0, 0.1) is 0 Å². The monoisotopic (exact) mass is 254 g/mol. The summed E-state index contributed by atoms with van der Waals surface area (Å²) in [7, 11) is -1.44. The fraction of sp³-hybridized carbons (Fsp3) is 0.583. The van der Waals surface area contributed by atoms with Crippen LogP contribution in [0.15, 0.2) is 16.7 Å². The average Bonchev–Trinajstić information content (AvgIpc) is 2.79. The number of nitrogens with two attached hydrogens (primary N) is 1. The van der Waals surface area contributed by atoms with Gasteiger partial charge in [-0.1, -0.05) is 38.9 Å². The third-order valence-corrected chi connectivity index (χ3v) is 9.04. The van der Waals surface area contributed by atoms with Crippen LogP contribution in [0.25, 0.3) is 0 Å².